The van der Waals surface area contributed by atoms with Crippen molar-refractivity contribution in [2.24, 2.45) is 0 Å². The number of hydrogen-bond acceptors (Lipinski definition) is 3. The second-order valence-corrected chi connectivity index (χ2v) is 3.45. The number of benzene rings is 1. The molecule has 0 heterocycles. The highest BCUT2D eigenvalue weighted by Gasteiger charge is 2.06. The molecule has 0 bridgehead atoms. The van der Waals surface area contributed by atoms with Crippen molar-refractivity contribution in [2.75, 3.05) is 14.2 Å². The monoisotopic (exact) mass is 228 g/mol. The Hall–Kier alpha value is -1.22. The van der Waals surface area contributed by atoms with Crippen LogP contribution in [0.3, 0.4) is 0 Å². The molecular weight excluding hydrogens is 216 g/mol. The molecule has 0 aliphatic carbocycles. The fourth-order valence-corrected chi connectivity index (χ4v) is 1.40. The number of aryl methyl sites for hydroxylation is 1. The molecule has 0 spiro atoms. The van der Waals surface area contributed by atoms with Crippen LogP contribution in [0.5, 0.6) is 11.5 Å². The van der Waals surface area contributed by atoms with Crippen LogP contribution in [0.2, 0.25) is 0 Å². The van der Waals surface area contributed by atoms with Crippen molar-refractivity contribution in [1.29, 1.82) is 0 Å². The van der Waals surface area contributed by atoms with Gasteiger partial charge >= 0.3 is 0 Å². The van der Waals surface area contributed by atoms with Gasteiger partial charge in [0.15, 0.2) is 0 Å². The molecular formula is C11H13ClO3. The average Bonchev–Trinajstić information content (AvgIpc) is 2.25. The second-order valence-electron chi connectivity index (χ2n) is 3.03. The predicted molar refractivity (Wildman–Crippen MR) is 58.7 cm³/mol. The molecule has 0 fully saturated rings. The fraction of sp³-hybridized carbons (Fsp3) is 0.364. The fourth-order valence-electron chi connectivity index (χ4n) is 1.31. The third-order valence-corrected chi connectivity index (χ3v) is 2.27. The van der Waals surface area contributed by atoms with E-state index in [-0.39, 0.29) is 5.24 Å². The number of rotatable bonds is 5. The van der Waals surface area contributed by atoms with Crippen LogP contribution < -0.4 is 9.47 Å². The van der Waals surface area contributed by atoms with Crippen LogP contribution in [-0.4, -0.2) is 19.5 Å². The molecule has 1 aromatic carbocycles. The molecule has 0 amide bonds. The molecule has 0 aromatic heterocycles. The molecule has 0 saturated heterocycles. The van der Waals surface area contributed by atoms with Crippen LogP contribution in [0, 0.1) is 0 Å². The molecule has 0 unspecified atom stereocenters. The topological polar surface area (TPSA) is 35.5 Å². The largest absolute Gasteiger partial charge is 0.497 e. The molecule has 0 aliphatic rings. The third-order valence-electron chi connectivity index (χ3n) is 2.08. The van der Waals surface area contributed by atoms with Gasteiger partial charge in [-0.05, 0) is 41.8 Å². The van der Waals surface area contributed by atoms with E-state index in [0.29, 0.717) is 12.8 Å². The highest BCUT2D eigenvalue weighted by atomic mass is 35.5. The van der Waals surface area contributed by atoms with Crippen molar-refractivity contribution < 1.29 is 14.3 Å². The summed E-state index contributed by atoms with van der Waals surface area (Å²) in [6.07, 6.45) is 0.855. The maximum Gasteiger partial charge on any atom is 0.221 e. The highest BCUT2D eigenvalue weighted by molar-refractivity contribution is 6.63. The van der Waals surface area contributed by atoms with Gasteiger partial charge in [0.2, 0.25) is 5.24 Å². The molecule has 0 atom stereocenters. The maximum atomic E-state index is 10.7. The number of ether oxygens (including phenoxy) is 2. The summed E-state index contributed by atoms with van der Waals surface area (Å²) in [6, 6.07) is 5.47. The SMILES string of the molecule is COc1ccc(OC)c(CCC(=O)Cl)c1. The van der Waals surface area contributed by atoms with Crippen LogP contribution >= 0.6 is 11.6 Å². The van der Waals surface area contributed by atoms with Gasteiger partial charge in [-0.25, -0.2) is 0 Å². The molecule has 0 aliphatic heterocycles. The van der Waals surface area contributed by atoms with E-state index in [1.807, 2.05) is 18.2 Å². The zero-order valence-electron chi connectivity index (χ0n) is 8.75. The lowest BCUT2D eigenvalue weighted by Crippen LogP contribution is -1.96. The summed E-state index contributed by atoms with van der Waals surface area (Å²) < 4.78 is 10.3. The molecule has 3 nitrogen and oxygen atoms in total. The third kappa shape index (κ3) is 3.44. The highest BCUT2D eigenvalue weighted by Crippen LogP contribution is 2.25. The Balaban J connectivity index is 2.85. The molecule has 0 N–H and O–H groups in total. The van der Waals surface area contributed by atoms with Gasteiger partial charge in [0, 0.05) is 6.42 Å². The van der Waals surface area contributed by atoms with Gasteiger partial charge in [0.05, 0.1) is 14.2 Å². The van der Waals surface area contributed by atoms with Gasteiger partial charge < -0.3 is 9.47 Å². The minimum Gasteiger partial charge on any atom is -0.497 e. The quantitative estimate of drug-likeness (QED) is 0.726. The van der Waals surface area contributed by atoms with E-state index in [0.717, 1.165) is 17.1 Å². The molecule has 0 saturated carbocycles. The standard InChI is InChI=1S/C11H13ClO3/c1-14-9-4-5-10(15-2)8(7-9)3-6-11(12)13/h4-5,7H,3,6H2,1-2H3. The van der Waals surface area contributed by atoms with Crippen molar-refractivity contribution in [3.05, 3.63) is 23.8 Å². The Morgan fingerprint density at radius 3 is 2.60 bits per heavy atom. The molecule has 82 valence electrons. The summed E-state index contributed by atoms with van der Waals surface area (Å²) in [4.78, 5) is 10.7. The average molecular weight is 229 g/mol. The van der Waals surface area contributed by atoms with Gasteiger partial charge in [0.25, 0.3) is 0 Å². The summed E-state index contributed by atoms with van der Waals surface area (Å²) in [5.41, 5.74) is 0.922. The Kier molecular flexibility index (Phi) is 4.43. The number of hydrogen-bond donors (Lipinski definition) is 0. The number of methoxy groups -OCH3 is 2. The first-order valence-corrected chi connectivity index (χ1v) is 4.94. The lowest BCUT2D eigenvalue weighted by Gasteiger charge is -2.09. The zero-order valence-corrected chi connectivity index (χ0v) is 9.50. The first-order chi connectivity index (χ1) is 7.17. The zero-order chi connectivity index (χ0) is 11.3. The van der Waals surface area contributed by atoms with Gasteiger partial charge in [0.1, 0.15) is 11.5 Å². The predicted octanol–water partition coefficient (Wildman–Crippen LogP) is 2.40. The van der Waals surface area contributed by atoms with E-state index < -0.39 is 0 Å². The van der Waals surface area contributed by atoms with Crippen molar-refractivity contribution in [3.63, 3.8) is 0 Å². The minimum absolute atomic E-state index is 0.297. The van der Waals surface area contributed by atoms with Crippen molar-refractivity contribution in [2.45, 2.75) is 12.8 Å². The van der Waals surface area contributed by atoms with Gasteiger partial charge in [-0.15, -0.1) is 0 Å². The lowest BCUT2D eigenvalue weighted by atomic mass is 10.1. The Labute approximate surface area is 93.9 Å². The van der Waals surface area contributed by atoms with Gasteiger partial charge in [-0.2, -0.15) is 0 Å². The van der Waals surface area contributed by atoms with Crippen LogP contribution in [0.15, 0.2) is 18.2 Å². The van der Waals surface area contributed by atoms with Crippen LogP contribution in [0.25, 0.3) is 0 Å². The van der Waals surface area contributed by atoms with Gasteiger partial charge in [-0.3, -0.25) is 4.79 Å². The second kappa shape index (κ2) is 5.61. The van der Waals surface area contributed by atoms with E-state index in [1.165, 1.54) is 0 Å². The number of carbonyl (C=O) groups excluding carboxylic acids is 1. The van der Waals surface area contributed by atoms with Crippen LogP contribution in [0.4, 0.5) is 0 Å². The van der Waals surface area contributed by atoms with E-state index in [9.17, 15) is 4.79 Å². The summed E-state index contributed by atoms with van der Waals surface area (Å²) in [5, 5.41) is -0.347. The maximum absolute atomic E-state index is 10.7. The molecule has 4 heteroatoms. The normalized spacial score (nSPS) is 9.80. The number of halogens is 1. The van der Waals surface area contributed by atoms with Crippen LogP contribution in [0.1, 0.15) is 12.0 Å². The Morgan fingerprint density at radius 1 is 1.33 bits per heavy atom. The molecule has 15 heavy (non-hydrogen) atoms. The van der Waals surface area contributed by atoms with Crippen LogP contribution in [-0.2, 0) is 11.2 Å². The summed E-state index contributed by atoms with van der Waals surface area (Å²) in [7, 11) is 3.19. The summed E-state index contributed by atoms with van der Waals surface area (Å²) in [5.74, 6) is 1.49. The smallest absolute Gasteiger partial charge is 0.221 e. The Bertz CT molecular complexity index is 350. The van der Waals surface area contributed by atoms with Crippen molar-refractivity contribution in [3.8, 4) is 11.5 Å². The summed E-state index contributed by atoms with van der Waals surface area (Å²) >= 11 is 5.29. The minimum atomic E-state index is -0.347. The van der Waals surface area contributed by atoms with Crippen molar-refractivity contribution >= 4 is 16.8 Å². The first-order valence-electron chi connectivity index (χ1n) is 4.56. The van der Waals surface area contributed by atoms with Gasteiger partial charge in [-0.1, -0.05) is 0 Å². The molecule has 0 radical (unpaired) electrons. The Morgan fingerprint density at radius 2 is 2.07 bits per heavy atom. The van der Waals surface area contributed by atoms with E-state index in [2.05, 4.69) is 0 Å². The van der Waals surface area contributed by atoms with Crippen molar-refractivity contribution in [1.82, 2.24) is 0 Å². The number of carbonyl (C=O) groups is 1. The van der Waals surface area contributed by atoms with E-state index >= 15 is 0 Å². The van der Waals surface area contributed by atoms with E-state index in [4.69, 9.17) is 21.1 Å². The lowest BCUT2D eigenvalue weighted by molar-refractivity contribution is -0.111. The first kappa shape index (κ1) is 11.9. The molecule has 1 aromatic rings. The molecule has 1 rings (SSSR count). The summed E-state index contributed by atoms with van der Waals surface area (Å²) in [6.45, 7) is 0. The van der Waals surface area contributed by atoms with E-state index in [1.54, 1.807) is 14.2 Å².